The fourth-order valence-electron chi connectivity index (χ4n) is 3.06. The number of likely N-dealkylation sites (tertiary alicyclic amines) is 1. The van der Waals surface area contributed by atoms with E-state index in [0.717, 1.165) is 19.4 Å². The van der Waals surface area contributed by atoms with Gasteiger partial charge in [0.15, 0.2) is 5.78 Å². The molecule has 1 heterocycles. The van der Waals surface area contributed by atoms with Crippen LogP contribution in [0.5, 0.6) is 0 Å². The Morgan fingerprint density at radius 3 is 2.54 bits per heavy atom. The maximum Gasteiger partial charge on any atom is 0.303 e. The summed E-state index contributed by atoms with van der Waals surface area (Å²) in [6, 6.07) is 6.48. The standard InChI is InChI=1S/C18H24N2O4/c1-12(20-9-3-4-14(11-20)10-17(22)23)18(24)19-16-7-5-15(6-8-16)13(2)21/h5-8,12,14H,3-4,9-11H2,1-2H3,(H,19,24)(H,22,23)/t12-,14-/m0/s1. The van der Waals surface area contributed by atoms with Crippen molar-refractivity contribution in [3.63, 3.8) is 0 Å². The molecule has 0 bridgehead atoms. The van der Waals surface area contributed by atoms with Gasteiger partial charge in [0.1, 0.15) is 0 Å². The van der Waals surface area contributed by atoms with Crippen molar-refractivity contribution >= 4 is 23.3 Å². The van der Waals surface area contributed by atoms with Crippen LogP contribution in [0.4, 0.5) is 5.69 Å². The highest BCUT2D eigenvalue weighted by Gasteiger charge is 2.28. The van der Waals surface area contributed by atoms with Crippen LogP contribution >= 0.6 is 0 Å². The predicted octanol–water partition coefficient (Wildman–Crippen LogP) is 2.40. The fourth-order valence-corrected chi connectivity index (χ4v) is 3.06. The normalized spacial score (nSPS) is 19.5. The van der Waals surface area contributed by atoms with Gasteiger partial charge in [-0.3, -0.25) is 19.3 Å². The Balaban J connectivity index is 1.93. The summed E-state index contributed by atoms with van der Waals surface area (Å²) in [5, 5.41) is 11.8. The van der Waals surface area contributed by atoms with Gasteiger partial charge in [-0.15, -0.1) is 0 Å². The minimum atomic E-state index is -0.787. The van der Waals surface area contributed by atoms with E-state index in [-0.39, 0.29) is 30.1 Å². The molecule has 6 nitrogen and oxygen atoms in total. The lowest BCUT2D eigenvalue weighted by molar-refractivity contribution is -0.138. The number of carbonyl (C=O) groups is 3. The molecule has 2 N–H and O–H groups in total. The molecule has 0 aromatic heterocycles. The smallest absolute Gasteiger partial charge is 0.303 e. The summed E-state index contributed by atoms with van der Waals surface area (Å²) >= 11 is 0. The first-order chi connectivity index (χ1) is 11.4. The molecule has 130 valence electrons. The van der Waals surface area contributed by atoms with Gasteiger partial charge in [-0.25, -0.2) is 0 Å². The van der Waals surface area contributed by atoms with Crippen molar-refractivity contribution in [3.05, 3.63) is 29.8 Å². The number of anilines is 1. The summed E-state index contributed by atoms with van der Waals surface area (Å²) in [5.74, 6) is -0.827. The van der Waals surface area contributed by atoms with Crippen LogP contribution in [0.15, 0.2) is 24.3 Å². The van der Waals surface area contributed by atoms with E-state index < -0.39 is 5.97 Å². The molecule has 1 aromatic rings. The quantitative estimate of drug-likeness (QED) is 0.781. The molecule has 1 aromatic carbocycles. The Hall–Kier alpha value is -2.21. The Morgan fingerprint density at radius 1 is 1.29 bits per heavy atom. The van der Waals surface area contributed by atoms with E-state index in [2.05, 4.69) is 5.32 Å². The molecule has 2 rings (SSSR count). The second-order valence-electron chi connectivity index (χ2n) is 6.40. The molecule has 1 aliphatic heterocycles. The molecular weight excluding hydrogens is 308 g/mol. The number of nitrogens with one attached hydrogen (secondary N) is 1. The van der Waals surface area contributed by atoms with E-state index in [1.165, 1.54) is 6.92 Å². The SMILES string of the molecule is CC(=O)c1ccc(NC(=O)[C@H](C)N2CCC[C@@H](CC(=O)O)C2)cc1. The van der Waals surface area contributed by atoms with Gasteiger partial charge >= 0.3 is 5.97 Å². The van der Waals surface area contributed by atoms with Gasteiger partial charge in [0, 0.05) is 24.2 Å². The zero-order valence-corrected chi connectivity index (χ0v) is 14.1. The number of nitrogens with zero attached hydrogens (tertiary/aromatic N) is 1. The van der Waals surface area contributed by atoms with Gasteiger partial charge in [-0.2, -0.15) is 0 Å². The zero-order valence-electron chi connectivity index (χ0n) is 14.1. The average molecular weight is 332 g/mol. The second kappa shape index (κ2) is 8.06. The molecule has 6 heteroatoms. The molecule has 1 amide bonds. The number of carboxylic acid groups (broad SMARTS) is 1. The highest BCUT2D eigenvalue weighted by atomic mass is 16.4. The zero-order chi connectivity index (χ0) is 17.7. The van der Waals surface area contributed by atoms with E-state index in [9.17, 15) is 14.4 Å². The lowest BCUT2D eigenvalue weighted by Gasteiger charge is -2.35. The number of benzene rings is 1. The van der Waals surface area contributed by atoms with Gasteiger partial charge in [0.25, 0.3) is 0 Å². The molecule has 0 spiro atoms. The highest BCUT2D eigenvalue weighted by Crippen LogP contribution is 2.22. The van der Waals surface area contributed by atoms with Crippen LogP contribution in [-0.2, 0) is 9.59 Å². The molecule has 1 aliphatic rings. The van der Waals surface area contributed by atoms with Gasteiger partial charge in [0.05, 0.1) is 6.04 Å². The summed E-state index contributed by atoms with van der Waals surface area (Å²) in [6.45, 7) is 4.76. The van der Waals surface area contributed by atoms with Crippen molar-refractivity contribution in [2.24, 2.45) is 5.92 Å². The molecule has 0 saturated carbocycles. The third kappa shape index (κ3) is 4.89. The first-order valence-corrected chi connectivity index (χ1v) is 8.24. The van der Waals surface area contributed by atoms with E-state index in [0.29, 0.717) is 17.8 Å². The van der Waals surface area contributed by atoms with Crippen molar-refractivity contribution in [1.29, 1.82) is 0 Å². The van der Waals surface area contributed by atoms with Crippen molar-refractivity contribution < 1.29 is 19.5 Å². The lowest BCUT2D eigenvalue weighted by Crippen LogP contribution is -2.47. The van der Waals surface area contributed by atoms with Gasteiger partial charge in [0.2, 0.25) is 5.91 Å². The maximum absolute atomic E-state index is 12.4. The lowest BCUT2D eigenvalue weighted by atomic mass is 9.94. The topological polar surface area (TPSA) is 86.7 Å². The first-order valence-electron chi connectivity index (χ1n) is 8.24. The largest absolute Gasteiger partial charge is 0.481 e. The number of ketones is 1. The summed E-state index contributed by atoms with van der Waals surface area (Å²) in [5.41, 5.74) is 1.25. The second-order valence-corrected chi connectivity index (χ2v) is 6.40. The predicted molar refractivity (Wildman–Crippen MR) is 91.1 cm³/mol. The Kier molecular flexibility index (Phi) is 6.09. The highest BCUT2D eigenvalue weighted by molar-refractivity contribution is 5.97. The molecule has 1 saturated heterocycles. The number of piperidine rings is 1. The monoisotopic (exact) mass is 332 g/mol. The Bertz CT molecular complexity index is 612. The Morgan fingerprint density at radius 2 is 1.96 bits per heavy atom. The number of rotatable bonds is 6. The number of Topliss-reactive ketones (excluding diaryl/α,β-unsaturated/α-hetero) is 1. The van der Waals surface area contributed by atoms with Crippen molar-refractivity contribution in [2.75, 3.05) is 18.4 Å². The van der Waals surface area contributed by atoms with Gasteiger partial charge in [-0.05, 0) is 63.4 Å². The summed E-state index contributed by atoms with van der Waals surface area (Å²) < 4.78 is 0. The number of carbonyl (C=O) groups excluding carboxylic acids is 2. The summed E-state index contributed by atoms with van der Waals surface area (Å²) in [7, 11) is 0. The van der Waals surface area contributed by atoms with Crippen LogP contribution in [-0.4, -0.2) is 46.8 Å². The van der Waals surface area contributed by atoms with E-state index in [4.69, 9.17) is 5.11 Å². The van der Waals surface area contributed by atoms with E-state index in [1.54, 1.807) is 24.3 Å². The van der Waals surface area contributed by atoms with Crippen LogP contribution < -0.4 is 5.32 Å². The molecular formula is C18H24N2O4. The van der Waals surface area contributed by atoms with E-state index in [1.807, 2.05) is 11.8 Å². The summed E-state index contributed by atoms with van der Waals surface area (Å²) in [4.78, 5) is 36.6. The van der Waals surface area contributed by atoms with Crippen molar-refractivity contribution in [1.82, 2.24) is 4.90 Å². The molecule has 2 atom stereocenters. The molecule has 24 heavy (non-hydrogen) atoms. The van der Waals surface area contributed by atoms with Crippen LogP contribution in [0.3, 0.4) is 0 Å². The number of hydrogen-bond acceptors (Lipinski definition) is 4. The average Bonchev–Trinajstić information content (AvgIpc) is 2.54. The van der Waals surface area contributed by atoms with Crippen LogP contribution in [0.1, 0.15) is 43.5 Å². The summed E-state index contributed by atoms with van der Waals surface area (Å²) in [6.07, 6.45) is 1.95. The number of amides is 1. The molecule has 0 aliphatic carbocycles. The molecule has 0 unspecified atom stereocenters. The number of aliphatic carboxylic acids is 1. The van der Waals surface area contributed by atoms with Crippen molar-refractivity contribution in [2.45, 2.75) is 39.2 Å². The minimum absolute atomic E-state index is 0.0148. The van der Waals surface area contributed by atoms with Crippen molar-refractivity contribution in [3.8, 4) is 0 Å². The third-order valence-corrected chi connectivity index (χ3v) is 4.50. The number of carboxylic acids is 1. The minimum Gasteiger partial charge on any atom is -0.481 e. The molecule has 0 radical (unpaired) electrons. The molecule has 1 fully saturated rings. The fraction of sp³-hybridized carbons (Fsp3) is 0.500. The van der Waals surface area contributed by atoms with Crippen LogP contribution in [0.2, 0.25) is 0 Å². The first kappa shape index (κ1) is 18.1. The third-order valence-electron chi connectivity index (χ3n) is 4.50. The van der Waals surface area contributed by atoms with Gasteiger partial charge < -0.3 is 10.4 Å². The van der Waals surface area contributed by atoms with Gasteiger partial charge in [-0.1, -0.05) is 0 Å². The number of hydrogen-bond donors (Lipinski definition) is 2. The van der Waals surface area contributed by atoms with E-state index >= 15 is 0 Å². The van der Waals surface area contributed by atoms with Crippen LogP contribution in [0, 0.1) is 5.92 Å². The van der Waals surface area contributed by atoms with Crippen LogP contribution in [0.25, 0.3) is 0 Å². The Labute approximate surface area is 141 Å². The maximum atomic E-state index is 12.4.